The lowest BCUT2D eigenvalue weighted by molar-refractivity contribution is 0.333. The molecule has 1 aromatic heterocycles. The highest BCUT2D eigenvalue weighted by Crippen LogP contribution is 2.25. The number of hydrogen-bond donors (Lipinski definition) is 1. The minimum atomic E-state index is -3.61. The maximum Gasteiger partial charge on any atom is 0.264 e. The first kappa shape index (κ1) is 21.5. The third kappa shape index (κ3) is 5.37. The summed E-state index contributed by atoms with van der Waals surface area (Å²) in [7, 11) is -2.08. The fourth-order valence-electron chi connectivity index (χ4n) is 2.49. The van der Waals surface area contributed by atoms with Crippen LogP contribution in [0.1, 0.15) is 0 Å². The van der Waals surface area contributed by atoms with Crippen LogP contribution in [-0.2, 0) is 10.0 Å². The van der Waals surface area contributed by atoms with Crippen LogP contribution in [0.15, 0.2) is 84.0 Å². The Morgan fingerprint density at radius 1 is 1.00 bits per heavy atom. The van der Waals surface area contributed by atoms with Crippen molar-refractivity contribution in [3.8, 4) is 5.75 Å². The van der Waals surface area contributed by atoms with E-state index < -0.39 is 10.0 Å². The van der Waals surface area contributed by atoms with Gasteiger partial charge in [-0.1, -0.05) is 24.3 Å². The van der Waals surface area contributed by atoms with Crippen LogP contribution in [0.4, 0.5) is 11.4 Å². The molecular weight excluding hydrogens is 398 g/mol. The highest BCUT2D eigenvalue weighted by atomic mass is 35.5. The van der Waals surface area contributed by atoms with Crippen molar-refractivity contribution in [2.45, 2.75) is 4.90 Å². The first-order valence-electron chi connectivity index (χ1n) is 8.48. The van der Waals surface area contributed by atoms with Crippen LogP contribution in [0, 0.1) is 0 Å². The zero-order valence-corrected chi connectivity index (χ0v) is 17.0. The van der Waals surface area contributed by atoms with Gasteiger partial charge in [0, 0.05) is 37.7 Å². The highest BCUT2D eigenvalue weighted by Gasteiger charge is 2.21. The van der Waals surface area contributed by atoms with E-state index in [2.05, 4.69) is 10.3 Å². The number of sulfonamides is 1. The average molecular weight is 420 g/mol. The van der Waals surface area contributed by atoms with E-state index in [1.54, 1.807) is 67.0 Å². The molecule has 0 radical (unpaired) electrons. The van der Waals surface area contributed by atoms with Gasteiger partial charge in [0.2, 0.25) is 0 Å². The molecule has 8 heteroatoms. The van der Waals surface area contributed by atoms with Crippen molar-refractivity contribution in [1.29, 1.82) is 0 Å². The van der Waals surface area contributed by atoms with E-state index in [1.165, 1.54) is 11.4 Å². The van der Waals surface area contributed by atoms with Crippen molar-refractivity contribution in [2.75, 3.05) is 29.8 Å². The molecule has 0 spiro atoms. The van der Waals surface area contributed by atoms with Crippen molar-refractivity contribution in [2.24, 2.45) is 0 Å². The van der Waals surface area contributed by atoms with Gasteiger partial charge in [-0.15, -0.1) is 12.4 Å². The van der Waals surface area contributed by atoms with Gasteiger partial charge < -0.3 is 10.1 Å². The molecule has 1 N–H and O–H groups in total. The molecule has 2 aromatic carbocycles. The SMILES string of the molecule is CN(c1cccc(OCCNc2ccncc2)c1)S(=O)(=O)c1ccccc1.Cl. The Kier molecular flexibility index (Phi) is 7.66. The van der Waals surface area contributed by atoms with Crippen molar-refractivity contribution < 1.29 is 13.2 Å². The minimum absolute atomic E-state index is 0. The highest BCUT2D eigenvalue weighted by molar-refractivity contribution is 7.92. The number of nitrogens with zero attached hydrogens (tertiary/aromatic N) is 2. The molecule has 148 valence electrons. The molecular formula is C20H22ClN3O3S. The van der Waals surface area contributed by atoms with Crippen molar-refractivity contribution in [3.63, 3.8) is 0 Å². The van der Waals surface area contributed by atoms with Crippen LogP contribution in [0.25, 0.3) is 0 Å². The molecule has 0 saturated carbocycles. The maximum absolute atomic E-state index is 12.7. The Morgan fingerprint density at radius 3 is 2.43 bits per heavy atom. The summed E-state index contributed by atoms with van der Waals surface area (Å²) in [5, 5.41) is 3.23. The molecule has 3 aromatic rings. The Balaban J connectivity index is 0.00000280. The van der Waals surface area contributed by atoms with E-state index in [0.717, 1.165) is 5.69 Å². The van der Waals surface area contributed by atoms with E-state index in [0.29, 0.717) is 24.6 Å². The second-order valence-electron chi connectivity index (χ2n) is 5.79. The van der Waals surface area contributed by atoms with E-state index in [9.17, 15) is 8.42 Å². The van der Waals surface area contributed by atoms with E-state index in [-0.39, 0.29) is 17.3 Å². The second kappa shape index (κ2) is 9.96. The number of pyridine rings is 1. The maximum atomic E-state index is 12.7. The third-order valence-electron chi connectivity index (χ3n) is 3.96. The summed E-state index contributed by atoms with van der Waals surface area (Å²) in [5.41, 5.74) is 1.51. The van der Waals surface area contributed by atoms with Crippen LogP contribution in [0.3, 0.4) is 0 Å². The van der Waals surface area contributed by atoms with Crippen LogP contribution >= 0.6 is 12.4 Å². The molecule has 6 nitrogen and oxygen atoms in total. The Morgan fingerprint density at radius 2 is 1.71 bits per heavy atom. The third-order valence-corrected chi connectivity index (χ3v) is 5.76. The first-order chi connectivity index (χ1) is 13.1. The molecule has 0 amide bonds. The number of nitrogens with one attached hydrogen (secondary N) is 1. The molecule has 0 atom stereocenters. The summed E-state index contributed by atoms with van der Waals surface area (Å²) in [6.07, 6.45) is 3.44. The summed E-state index contributed by atoms with van der Waals surface area (Å²) in [4.78, 5) is 4.21. The molecule has 0 aliphatic heterocycles. The second-order valence-corrected chi connectivity index (χ2v) is 7.76. The average Bonchev–Trinajstić information content (AvgIpc) is 2.72. The molecule has 0 aliphatic rings. The molecule has 0 saturated heterocycles. The van der Waals surface area contributed by atoms with Gasteiger partial charge in [0.1, 0.15) is 12.4 Å². The van der Waals surface area contributed by atoms with Gasteiger partial charge >= 0.3 is 0 Å². The van der Waals surface area contributed by atoms with Crippen molar-refractivity contribution >= 4 is 33.8 Å². The fraction of sp³-hybridized carbons (Fsp3) is 0.150. The summed E-state index contributed by atoms with van der Waals surface area (Å²) < 4.78 is 32.5. The normalized spacial score (nSPS) is 10.6. The molecule has 0 unspecified atom stereocenters. The van der Waals surface area contributed by atoms with Gasteiger partial charge in [-0.05, 0) is 36.4 Å². The van der Waals surface area contributed by atoms with E-state index in [4.69, 9.17) is 4.74 Å². The molecule has 0 bridgehead atoms. The number of anilines is 2. The Bertz CT molecular complexity index is 970. The number of rotatable bonds is 8. The number of ether oxygens (including phenoxy) is 1. The topological polar surface area (TPSA) is 71.5 Å². The largest absolute Gasteiger partial charge is 0.492 e. The summed E-state index contributed by atoms with van der Waals surface area (Å²) in [6, 6.07) is 19.1. The van der Waals surface area contributed by atoms with Crippen molar-refractivity contribution in [3.05, 3.63) is 79.1 Å². The van der Waals surface area contributed by atoms with Crippen molar-refractivity contribution in [1.82, 2.24) is 4.98 Å². The number of halogens is 1. The zero-order valence-electron chi connectivity index (χ0n) is 15.4. The number of hydrogen-bond acceptors (Lipinski definition) is 5. The van der Waals surface area contributed by atoms with E-state index in [1.807, 2.05) is 12.1 Å². The van der Waals surface area contributed by atoms with Gasteiger partial charge in [-0.2, -0.15) is 0 Å². The molecule has 0 aliphatic carbocycles. The van der Waals surface area contributed by atoms with Crippen LogP contribution < -0.4 is 14.4 Å². The minimum Gasteiger partial charge on any atom is -0.492 e. The van der Waals surface area contributed by atoms with Gasteiger partial charge in [0.05, 0.1) is 10.6 Å². The predicted octanol–water partition coefficient (Wildman–Crippen LogP) is 3.82. The van der Waals surface area contributed by atoms with Crippen LogP contribution in [0.2, 0.25) is 0 Å². The lowest BCUT2D eigenvalue weighted by atomic mass is 10.3. The Labute approximate surface area is 171 Å². The molecule has 3 rings (SSSR count). The first-order valence-corrected chi connectivity index (χ1v) is 9.92. The summed E-state index contributed by atoms with van der Waals surface area (Å²) >= 11 is 0. The number of aromatic nitrogens is 1. The van der Waals surface area contributed by atoms with Gasteiger partial charge in [0.25, 0.3) is 10.0 Å². The van der Waals surface area contributed by atoms with Gasteiger partial charge in [-0.25, -0.2) is 8.42 Å². The standard InChI is InChI=1S/C20H21N3O3S.ClH/c1-23(27(24,25)20-8-3-2-4-9-20)18-6-5-7-19(16-18)26-15-14-22-17-10-12-21-13-11-17;/h2-13,16H,14-15H2,1H3,(H,21,22);1H. The molecule has 1 heterocycles. The summed E-state index contributed by atoms with van der Waals surface area (Å²) in [5.74, 6) is 0.610. The molecule has 28 heavy (non-hydrogen) atoms. The predicted molar refractivity (Wildman–Crippen MR) is 114 cm³/mol. The lowest BCUT2D eigenvalue weighted by Gasteiger charge is -2.20. The molecule has 0 fully saturated rings. The van der Waals surface area contributed by atoms with Gasteiger partial charge in [0.15, 0.2) is 0 Å². The quantitative estimate of drug-likeness (QED) is 0.562. The monoisotopic (exact) mass is 419 g/mol. The smallest absolute Gasteiger partial charge is 0.264 e. The van der Waals surface area contributed by atoms with Crippen LogP contribution in [-0.4, -0.2) is 33.6 Å². The van der Waals surface area contributed by atoms with Crippen LogP contribution in [0.5, 0.6) is 5.75 Å². The Hall–Kier alpha value is -2.77. The zero-order chi connectivity index (χ0) is 19.1. The summed E-state index contributed by atoms with van der Waals surface area (Å²) in [6.45, 7) is 1.06. The fourth-order valence-corrected chi connectivity index (χ4v) is 3.70. The number of benzene rings is 2. The van der Waals surface area contributed by atoms with E-state index >= 15 is 0 Å². The lowest BCUT2D eigenvalue weighted by Crippen LogP contribution is -2.26. The van der Waals surface area contributed by atoms with Gasteiger partial charge in [-0.3, -0.25) is 9.29 Å².